The predicted molar refractivity (Wildman–Crippen MR) is 109 cm³/mol. The molecule has 0 spiro atoms. The topological polar surface area (TPSA) is 106 Å². The van der Waals surface area contributed by atoms with Crippen molar-refractivity contribution in [2.45, 2.75) is 26.7 Å². The van der Waals surface area contributed by atoms with Crippen LogP contribution in [-0.4, -0.2) is 28.6 Å². The summed E-state index contributed by atoms with van der Waals surface area (Å²) in [6, 6.07) is 13.9. The lowest BCUT2D eigenvalue weighted by Crippen LogP contribution is -2.20. The number of anilines is 2. The number of rotatable bonds is 8. The fraction of sp³-hybridized carbons (Fsp3) is 0.238. The number of hydrogen-bond acceptors (Lipinski definition) is 6. The van der Waals surface area contributed by atoms with Crippen LogP contribution < -0.4 is 15.4 Å². The highest BCUT2D eigenvalue weighted by molar-refractivity contribution is 5.93. The van der Waals surface area contributed by atoms with E-state index >= 15 is 0 Å². The molecule has 8 heteroatoms. The molecule has 0 atom stereocenters. The molecule has 8 nitrogen and oxygen atoms in total. The zero-order valence-electron chi connectivity index (χ0n) is 16.3. The van der Waals surface area contributed by atoms with E-state index in [1.165, 1.54) is 6.92 Å². The molecule has 2 aromatic carbocycles. The predicted octanol–water partition coefficient (Wildman–Crippen LogP) is 3.67. The second-order valence-electron chi connectivity index (χ2n) is 6.37. The number of aryl methyl sites for hydroxylation is 1. The summed E-state index contributed by atoms with van der Waals surface area (Å²) in [6.45, 7) is 3.35. The van der Waals surface area contributed by atoms with Gasteiger partial charge in [0.15, 0.2) is 6.61 Å². The number of nitrogens with one attached hydrogen (secondary N) is 2. The van der Waals surface area contributed by atoms with Gasteiger partial charge in [0, 0.05) is 30.3 Å². The van der Waals surface area contributed by atoms with Gasteiger partial charge in [-0.25, -0.2) is 0 Å². The summed E-state index contributed by atoms with van der Waals surface area (Å²) in [5, 5.41) is 13.4. The lowest BCUT2D eigenvalue weighted by atomic mass is 10.2. The third-order valence-electron chi connectivity index (χ3n) is 3.89. The van der Waals surface area contributed by atoms with E-state index in [4.69, 9.17) is 9.15 Å². The first-order chi connectivity index (χ1) is 14.0. The molecule has 0 saturated carbocycles. The Labute approximate surface area is 168 Å². The molecular formula is C21H22N4O4. The first-order valence-corrected chi connectivity index (χ1v) is 9.26. The van der Waals surface area contributed by atoms with Crippen LogP contribution in [0.4, 0.5) is 11.4 Å². The van der Waals surface area contributed by atoms with E-state index in [1.807, 2.05) is 6.92 Å². The Balaban J connectivity index is 1.50. The first kappa shape index (κ1) is 20.1. The first-order valence-electron chi connectivity index (χ1n) is 9.26. The van der Waals surface area contributed by atoms with Crippen molar-refractivity contribution in [1.82, 2.24) is 10.2 Å². The molecule has 0 aliphatic heterocycles. The Morgan fingerprint density at radius 2 is 1.62 bits per heavy atom. The summed E-state index contributed by atoms with van der Waals surface area (Å²) >= 11 is 0. The molecule has 2 N–H and O–H groups in total. The van der Waals surface area contributed by atoms with Crippen LogP contribution in [0.1, 0.15) is 26.2 Å². The summed E-state index contributed by atoms with van der Waals surface area (Å²) in [6.07, 6.45) is 1.69. The average molecular weight is 394 g/mol. The van der Waals surface area contributed by atoms with Crippen LogP contribution in [0.2, 0.25) is 0 Å². The molecule has 0 bridgehead atoms. The minimum absolute atomic E-state index is 0.131. The van der Waals surface area contributed by atoms with Crippen LogP contribution >= 0.6 is 0 Å². The molecule has 1 aromatic heterocycles. The summed E-state index contributed by atoms with van der Waals surface area (Å²) in [5.74, 6) is 1.19. The fourth-order valence-corrected chi connectivity index (χ4v) is 2.57. The van der Waals surface area contributed by atoms with Crippen LogP contribution in [-0.2, 0) is 16.0 Å². The van der Waals surface area contributed by atoms with Gasteiger partial charge in [0.1, 0.15) is 5.75 Å². The van der Waals surface area contributed by atoms with E-state index < -0.39 is 0 Å². The fourth-order valence-electron chi connectivity index (χ4n) is 2.57. The zero-order chi connectivity index (χ0) is 20.6. The Bertz CT molecular complexity index is 965. The van der Waals surface area contributed by atoms with E-state index in [1.54, 1.807) is 48.5 Å². The van der Waals surface area contributed by atoms with E-state index in [9.17, 15) is 9.59 Å². The molecule has 3 rings (SSSR count). The monoisotopic (exact) mass is 394 g/mol. The SMILES string of the molecule is CCCc1nnc(-c2ccc(OCC(=O)Nc3ccc(NC(C)=O)cc3)cc2)o1. The lowest BCUT2D eigenvalue weighted by Gasteiger charge is -2.09. The normalized spacial score (nSPS) is 10.4. The van der Waals surface area contributed by atoms with E-state index in [0.29, 0.717) is 28.9 Å². The van der Waals surface area contributed by atoms with Crippen molar-refractivity contribution in [3.05, 3.63) is 54.4 Å². The van der Waals surface area contributed by atoms with Gasteiger partial charge in [-0.15, -0.1) is 10.2 Å². The van der Waals surface area contributed by atoms with E-state index in [-0.39, 0.29) is 18.4 Å². The molecule has 2 amide bonds. The highest BCUT2D eigenvalue weighted by Gasteiger charge is 2.09. The number of amides is 2. The number of nitrogens with zero attached hydrogens (tertiary/aromatic N) is 2. The summed E-state index contributed by atoms with van der Waals surface area (Å²) in [7, 11) is 0. The molecule has 150 valence electrons. The standard InChI is InChI=1S/C21H22N4O4/c1-3-4-20-24-25-21(29-20)15-5-11-18(12-6-15)28-13-19(27)23-17-9-7-16(8-10-17)22-14(2)26/h5-12H,3-4,13H2,1-2H3,(H,22,26)(H,23,27). The third kappa shape index (κ3) is 5.90. The second kappa shape index (κ2) is 9.50. The summed E-state index contributed by atoms with van der Waals surface area (Å²) in [5.41, 5.74) is 2.06. The van der Waals surface area contributed by atoms with Crippen molar-refractivity contribution in [3.63, 3.8) is 0 Å². The van der Waals surface area contributed by atoms with Gasteiger partial charge in [0.2, 0.25) is 17.7 Å². The van der Waals surface area contributed by atoms with Gasteiger partial charge in [-0.2, -0.15) is 0 Å². The van der Waals surface area contributed by atoms with Gasteiger partial charge in [-0.3, -0.25) is 9.59 Å². The number of carbonyl (C=O) groups is 2. The maximum atomic E-state index is 12.1. The molecule has 29 heavy (non-hydrogen) atoms. The Morgan fingerprint density at radius 3 is 2.24 bits per heavy atom. The molecule has 1 heterocycles. The highest BCUT2D eigenvalue weighted by Crippen LogP contribution is 2.22. The second-order valence-corrected chi connectivity index (χ2v) is 6.37. The number of ether oxygens (including phenoxy) is 1. The van der Waals surface area contributed by atoms with Crippen molar-refractivity contribution in [2.24, 2.45) is 0 Å². The van der Waals surface area contributed by atoms with Crippen molar-refractivity contribution in [3.8, 4) is 17.2 Å². The maximum absolute atomic E-state index is 12.1. The smallest absolute Gasteiger partial charge is 0.262 e. The van der Waals surface area contributed by atoms with Crippen LogP contribution in [0, 0.1) is 0 Å². The number of benzene rings is 2. The van der Waals surface area contributed by atoms with Crippen LogP contribution in [0.3, 0.4) is 0 Å². The van der Waals surface area contributed by atoms with Gasteiger partial charge in [0.25, 0.3) is 5.91 Å². The van der Waals surface area contributed by atoms with E-state index in [0.717, 1.165) is 18.4 Å². The number of aromatic nitrogens is 2. The van der Waals surface area contributed by atoms with Gasteiger partial charge in [-0.1, -0.05) is 6.92 Å². The van der Waals surface area contributed by atoms with Gasteiger partial charge >= 0.3 is 0 Å². The van der Waals surface area contributed by atoms with Gasteiger partial charge in [-0.05, 0) is 55.0 Å². The number of carbonyl (C=O) groups excluding carboxylic acids is 2. The molecule has 0 fully saturated rings. The minimum Gasteiger partial charge on any atom is -0.484 e. The quantitative estimate of drug-likeness (QED) is 0.604. The molecule has 0 radical (unpaired) electrons. The minimum atomic E-state index is -0.289. The maximum Gasteiger partial charge on any atom is 0.262 e. The van der Waals surface area contributed by atoms with Crippen molar-refractivity contribution in [1.29, 1.82) is 0 Å². The molecule has 0 aliphatic carbocycles. The molecule has 0 unspecified atom stereocenters. The Kier molecular flexibility index (Phi) is 6.57. The van der Waals surface area contributed by atoms with E-state index in [2.05, 4.69) is 20.8 Å². The van der Waals surface area contributed by atoms with Crippen LogP contribution in [0.25, 0.3) is 11.5 Å². The largest absolute Gasteiger partial charge is 0.484 e. The summed E-state index contributed by atoms with van der Waals surface area (Å²) in [4.78, 5) is 23.1. The molecule has 0 aliphatic rings. The average Bonchev–Trinajstić information content (AvgIpc) is 3.17. The molecule has 0 saturated heterocycles. The third-order valence-corrected chi connectivity index (χ3v) is 3.89. The Hall–Kier alpha value is -3.68. The lowest BCUT2D eigenvalue weighted by molar-refractivity contribution is -0.118. The van der Waals surface area contributed by atoms with Gasteiger partial charge < -0.3 is 19.8 Å². The highest BCUT2D eigenvalue weighted by atomic mass is 16.5. The van der Waals surface area contributed by atoms with Crippen molar-refractivity contribution < 1.29 is 18.7 Å². The van der Waals surface area contributed by atoms with Crippen molar-refractivity contribution in [2.75, 3.05) is 17.2 Å². The molecule has 3 aromatic rings. The molecular weight excluding hydrogens is 372 g/mol. The Morgan fingerprint density at radius 1 is 0.966 bits per heavy atom. The van der Waals surface area contributed by atoms with Crippen molar-refractivity contribution >= 4 is 23.2 Å². The zero-order valence-corrected chi connectivity index (χ0v) is 16.3. The summed E-state index contributed by atoms with van der Waals surface area (Å²) < 4.78 is 11.1. The van der Waals surface area contributed by atoms with Crippen LogP contribution in [0.5, 0.6) is 5.75 Å². The van der Waals surface area contributed by atoms with Crippen LogP contribution in [0.15, 0.2) is 52.9 Å². The number of hydrogen-bond donors (Lipinski definition) is 2. The van der Waals surface area contributed by atoms with Gasteiger partial charge in [0.05, 0.1) is 0 Å².